The SMILES string of the molecule is C=C1C[C@@]23CC[C@H]4[C@@](C)(CCC[C@@]4(C)C(=O)O[C@@H]4O[C@H](CO)[C@@H](O)[C@H](O)[C@H]4O[C@@H]4OC[C@H](O)[C@H](O)[C@H]4O)[C@@H]2CC[C@]1(O[C@@H]1O[C@H](CO)[C@@H](O)[C@H](O[C@@H]2O[C@H](CO)[C@@H](O)[C@H](O)[C@H]2O)[C@H]1O[C@@H]1O[C@H](CO)[C@@H](O)[C@H](O)[C@H]1O)C3. The van der Waals surface area contributed by atoms with Crippen LogP contribution in [0.5, 0.6) is 0 Å². The smallest absolute Gasteiger partial charge is 0.314 e. The van der Waals surface area contributed by atoms with Crippen molar-refractivity contribution in [3.05, 3.63) is 12.2 Å². The maximum absolute atomic E-state index is 14.8. The number of ether oxygens (including phenoxy) is 10. The summed E-state index contributed by atoms with van der Waals surface area (Å²) in [5.41, 5.74) is -2.69. The molecule has 0 radical (unpaired) electrons. The van der Waals surface area contributed by atoms with Crippen molar-refractivity contribution in [2.75, 3.05) is 33.0 Å². The molecule has 16 N–H and O–H groups in total. The molecule has 0 aromatic carbocycles. The van der Waals surface area contributed by atoms with E-state index in [2.05, 4.69) is 13.5 Å². The summed E-state index contributed by atoms with van der Waals surface area (Å²) < 4.78 is 60.2. The van der Waals surface area contributed by atoms with Crippen LogP contribution in [-0.2, 0) is 52.2 Å². The maximum atomic E-state index is 14.8. The van der Waals surface area contributed by atoms with Gasteiger partial charge in [0.2, 0.25) is 6.29 Å². The van der Waals surface area contributed by atoms with Crippen molar-refractivity contribution in [3.63, 3.8) is 0 Å². The Labute approximate surface area is 437 Å². The molecule has 0 unspecified atom stereocenters. The second-order valence-electron chi connectivity index (χ2n) is 23.2. The lowest BCUT2D eigenvalue weighted by Crippen LogP contribution is -2.68. The number of rotatable bonds is 14. The van der Waals surface area contributed by atoms with Gasteiger partial charge in [0.25, 0.3) is 0 Å². The third kappa shape index (κ3) is 10.0. The lowest BCUT2D eigenvalue weighted by Gasteiger charge is -2.64. The molecule has 27 nitrogen and oxygen atoms in total. The number of carbonyl (C=O) groups excluding carboxylic acids is 1. The summed E-state index contributed by atoms with van der Waals surface area (Å²) in [6.07, 6.45) is -37.1. The van der Waals surface area contributed by atoms with Crippen molar-refractivity contribution >= 4 is 5.97 Å². The molecule has 5 aliphatic heterocycles. The van der Waals surface area contributed by atoms with E-state index in [1.165, 1.54) is 0 Å². The van der Waals surface area contributed by atoms with Crippen LogP contribution in [0, 0.1) is 28.1 Å². The molecule has 5 heterocycles. The Morgan fingerprint density at radius 2 is 1.04 bits per heavy atom. The summed E-state index contributed by atoms with van der Waals surface area (Å²) in [5, 5.41) is 170. The number of hydrogen-bond donors (Lipinski definition) is 16. The molecule has 436 valence electrons. The van der Waals surface area contributed by atoms with Gasteiger partial charge < -0.3 is 129 Å². The predicted octanol–water partition coefficient (Wildman–Crippen LogP) is -6.65. The Hall–Kier alpha value is -1.79. The van der Waals surface area contributed by atoms with E-state index in [0.717, 1.165) is 6.42 Å². The molecule has 0 aromatic rings. The van der Waals surface area contributed by atoms with Crippen molar-refractivity contribution in [2.24, 2.45) is 28.1 Å². The second-order valence-corrected chi connectivity index (χ2v) is 23.2. The zero-order valence-electron chi connectivity index (χ0n) is 42.3. The highest BCUT2D eigenvalue weighted by atomic mass is 16.8. The average molecular weight is 1100 g/mol. The predicted molar refractivity (Wildman–Crippen MR) is 246 cm³/mol. The second kappa shape index (κ2) is 22.5. The first-order valence-electron chi connectivity index (χ1n) is 26.3. The van der Waals surface area contributed by atoms with E-state index >= 15 is 0 Å². The molecule has 4 saturated carbocycles. The molecule has 27 heteroatoms. The molecule has 0 aromatic heterocycles. The molecular formula is C49H78O27. The lowest BCUT2D eigenvalue weighted by molar-refractivity contribution is -0.400. The van der Waals surface area contributed by atoms with E-state index in [1.807, 2.05) is 6.92 Å². The van der Waals surface area contributed by atoms with E-state index < -0.39 is 208 Å². The minimum atomic E-state index is -1.98. The Morgan fingerprint density at radius 3 is 1.63 bits per heavy atom. The summed E-state index contributed by atoms with van der Waals surface area (Å²) in [4.78, 5) is 14.8. The van der Waals surface area contributed by atoms with Crippen LogP contribution in [0.3, 0.4) is 0 Å². The summed E-state index contributed by atoms with van der Waals surface area (Å²) in [6, 6.07) is 0. The van der Waals surface area contributed by atoms with E-state index in [9.17, 15) is 86.5 Å². The van der Waals surface area contributed by atoms with Crippen molar-refractivity contribution in [3.8, 4) is 0 Å². The van der Waals surface area contributed by atoms with E-state index in [0.29, 0.717) is 56.9 Å². The van der Waals surface area contributed by atoms with Gasteiger partial charge >= 0.3 is 5.97 Å². The molecular weight excluding hydrogens is 1020 g/mol. The first-order chi connectivity index (χ1) is 35.9. The number of carbonyl (C=O) groups is 1. The van der Waals surface area contributed by atoms with Crippen molar-refractivity contribution in [2.45, 2.75) is 225 Å². The fraction of sp³-hybridized carbons (Fsp3) is 0.939. The Kier molecular flexibility index (Phi) is 17.4. The molecule has 30 atom stereocenters. The molecule has 0 amide bonds. The van der Waals surface area contributed by atoms with Gasteiger partial charge in [0.1, 0.15) is 110 Å². The highest BCUT2D eigenvalue weighted by molar-refractivity contribution is 5.77. The summed E-state index contributed by atoms with van der Waals surface area (Å²) in [5.74, 6) is -1.05. The summed E-state index contributed by atoms with van der Waals surface area (Å²) in [7, 11) is 0. The normalized spacial score (nSPS) is 54.6. The van der Waals surface area contributed by atoms with Gasteiger partial charge in [-0.05, 0) is 86.5 Å². The van der Waals surface area contributed by atoms with Gasteiger partial charge in [-0.1, -0.05) is 19.9 Å². The van der Waals surface area contributed by atoms with Crippen LogP contribution in [0.1, 0.15) is 71.6 Å². The molecule has 5 saturated heterocycles. The summed E-state index contributed by atoms with van der Waals surface area (Å²) in [6.45, 7) is 4.76. The van der Waals surface area contributed by atoms with Crippen LogP contribution < -0.4 is 0 Å². The Balaban J connectivity index is 0.969. The van der Waals surface area contributed by atoms with Gasteiger partial charge in [-0.25, -0.2) is 0 Å². The number of hydrogen-bond acceptors (Lipinski definition) is 27. The van der Waals surface area contributed by atoms with Crippen molar-refractivity contribution in [1.82, 2.24) is 0 Å². The molecule has 9 aliphatic rings. The molecule has 2 bridgehead atoms. The van der Waals surface area contributed by atoms with Crippen LogP contribution in [0.2, 0.25) is 0 Å². The fourth-order valence-corrected chi connectivity index (χ4v) is 14.7. The van der Waals surface area contributed by atoms with Gasteiger partial charge in [0, 0.05) is 0 Å². The maximum Gasteiger partial charge on any atom is 0.314 e. The number of aliphatic hydroxyl groups excluding tert-OH is 16. The molecule has 9 fully saturated rings. The first kappa shape index (κ1) is 58.9. The summed E-state index contributed by atoms with van der Waals surface area (Å²) >= 11 is 0. The standard InChI is InChI=1S/C49H78O27/c1-18-11-48-9-5-24-46(2,7-4-8-47(24,3)45(66)75-43-38(33(62)29(58)22(14-52)70-43)73-40-34(63)26(55)19(54)16-67-40)25(48)6-10-49(18,17-48)76-44-39(74-42-36(65)32(61)28(57)21(13-51)69-42)37(30(59)23(15-53)71-44)72-41-35(64)31(60)27(56)20(12-50)68-41/h19-44,50-65H,1,4-17H2,2-3H3/t19-,20+,21+,22+,23+,24-,25-,26-,27+,28+,29+,30+,31-,32-,33-,34+,35+,36+,37-,38+,39+,40-,41-,42-,43-,44-,46+,47+,48+,49-/m0/s1. The monoisotopic (exact) mass is 1100 g/mol. The largest absolute Gasteiger partial charge is 0.432 e. The minimum absolute atomic E-state index is 0.0469. The highest BCUT2D eigenvalue weighted by Crippen LogP contribution is 2.74. The third-order valence-electron chi connectivity index (χ3n) is 18.8. The molecule has 76 heavy (non-hydrogen) atoms. The van der Waals surface area contributed by atoms with Crippen LogP contribution >= 0.6 is 0 Å². The fourth-order valence-electron chi connectivity index (χ4n) is 14.7. The van der Waals surface area contributed by atoms with Crippen LogP contribution in [0.4, 0.5) is 0 Å². The van der Waals surface area contributed by atoms with Crippen LogP contribution in [-0.4, -0.2) is 274 Å². The zero-order valence-corrected chi connectivity index (χ0v) is 42.3. The molecule has 9 rings (SSSR count). The number of esters is 1. The van der Waals surface area contributed by atoms with Crippen molar-refractivity contribution < 1.29 is 134 Å². The van der Waals surface area contributed by atoms with Crippen molar-refractivity contribution in [1.29, 1.82) is 0 Å². The van der Waals surface area contributed by atoms with E-state index in [4.69, 9.17) is 47.4 Å². The van der Waals surface area contributed by atoms with Gasteiger partial charge in [0.05, 0.1) is 44.1 Å². The van der Waals surface area contributed by atoms with Gasteiger partial charge in [-0.15, -0.1) is 0 Å². The number of aliphatic hydroxyl groups is 16. The highest BCUT2D eigenvalue weighted by Gasteiger charge is 2.70. The lowest BCUT2D eigenvalue weighted by atomic mass is 9.41. The third-order valence-corrected chi connectivity index (χ3v) is 18.8. The van der Waals surface area contributed by atoms with Gasteiger partial charge in [-0.2, -0.15) is 0 Å². The number of fused-ring (bicyclic) bond motifs is 3. The van der Waals surface area contributed by atoms with Gasteiger partial charge in [0.15, 0.2) is 31.3 Å². The quantitative estimate of drug-likeness (QED) is 0.0437. The topological polar surface area (TPSA) is 433 Å². The van der Waals surface area contributed by atoms with Gasteiger partial charge in [-0.3, -0.25) is 4.79 Å². The van der Waals surface area contributed by atoms with E-state index in [-0.39, 0.29) is 11.8 Å². The van der Waals surface area contributed by atoms with Crippen LogP contribution in [0.15, 0.2) is 12.2 Å². The minimum Gasteiger partial charge on any atom is -0.432 e. The first-order valence-corrected chi connectivity index (χ1v) is 26.3. The Bertz CT molecular complexity index is 2020. The Morgan fingerprint density at radius 1 is 0.539 bits per heavy atom. The van der Waals surface area contributed by atoms with E-state index in [1.54, 1.807) is 0 Å². The average Bonchev–Trinajstić information content (AvgIpc) is 3.71. The zero-order chi connectivity index (χ0) is 55.1. The van der Waals surface area contributed by atoms with Crippen LogP contribution in [0.25, 0.3) is 0 Å². The molecule has 4 aliphatic carbocycles. The molecule has 1 spiro atoms.